The molecule has 1 fully saturated rings. The normalized spacial score (nSPS) is 15.5. The number of nitrogens with zero attached hydrogens (tertiary/aromatic N) is 2. The van der Waals surface area contributed by atoms with Crippen molar-refractivity contribution in [3.05, 3.63) is 70.9 Å². The summed E-state index contributed by atoms with van der Waals surface area (Å²) in [6.07, 6.45) is -0.848. The first kappa shape index (κ1) is 32.4. The standard InChI is InChI=1S/C33H43F3N4O3/c1-5-6-7-24(14-15-37-31(42)43-32(2,3)4)29-21-26-20-25(10-13-28(26)38-29)30(41)40-18-16-39(17-19-40)22-23-8-11-27(12-9-23)33(34,35)36/h8-13,20-21,24,38H,5-7,14-19,22H2,1-4H3,(H,37,42). The van der Waals surface area contributed by atoms with Gasteiger partial charge in [0.05, 0.1) is 5.56 Å². The predicted octanol–water partition coefficient (Wildman–Crippen LogP) is 7.33. The SMILES string of the molecule is CCCCC(CCNC(=O)OC(C)(C)C)c1cc2cc(C(=O)N3CCN(Cc4ccc(C(F)(F)F)cc4)CC3)ccc2[nH]1. The van der Waals surface area contributed by atoms with Crippen LogP contribution in [0.2, 0.25) is 0 Å². The molecule has 2 N–H and O–H groups in total. The molecule has 1 saturated heterocycles. The Hall–Kier alpha value is -3.53. The second-order valence-corrected chi connectivity index (χ2v) is 12.3. The molecule has 0 radical (unpaired) electrons. The quantitative estimate of drug-likeness (QED) is 0.255. The average Bonchev–Trinajstić information content (AvgIpc) is 3.37. The number of benzene rings is 2. The zero-order valence-electron chi connectivity index (χ0n) is 25.5. The van der Waals surface area contributed by atoms with Crippen molar-refractivity contribution in [3.8, 4) is 0 Å². The zero-order chi connectivity index (χ0) is 31.2. The van der Waals surface area contributed by atoms with E-state index in [0.29, 0.717) is 44.8 Å². The van der Waals surface area contributed by atoms with Gasteiger partial charge in [-0.15, -0.1) is 0 Å². The zero-order valence-corrected chi connectivity index (χ0v) is 25.5. The third-order valence-electron chi connectivity index (χ3n) is 7.74. The van der Waals surface area contributed by atoms with Crippen LogP contribution in [0, 0.1) is 0 Å². The third-order valence-corrected chi connectivity index (χ3v) is 7.74. The van der Waals surface area contributed by atoms with Gasteiger partial charge in [-0.05, 0) is 75.6 Å². The number of ether oxygens (including phenoxy) is 1. The first-order valence-corrected chi connectivity index (χ1v) is 15.1. The van der Waals surface area contributed by atoms with Crippen LogP contribution in [0.25, 0.3) is 10.9 Å². The van der Waals surface area contributed by atoms with Gasteiger partial charge >= 0.3 is 12.3 Å². The first-order chi connectivity index (χ1) is 20.3. The van der Waals surface area contributed by atoms with Gasteiger partial charge in [0.25, 0.3) is 5.91 Å². The van der Waals surface area contributed by atoms with Crippen LogP contribution in [0.3, 0.4) is 0 Å². The van der Waals surface area contributed by atoms with Crippen molar-refractivity contribution in [2.45, 2.75) is 77.6 Å². The van der Waals surface area contributed by atoms with E-state index in [4.69, 9.17) is 4.74 Å². The van der Waals surface area contributed by atoms with Gasteiger partial charge in [0.1, 0.15) is 5.60 Å². The van der Waals surface area contributed by atoms with Crippen molar-refractivity contribution in [1.29, 1.82) is 0 Å². The van der Waals surface area contributed by atoms with Crippen molar-refractivity contribution in [1.82, 2.24) is 20.1 Å². The molecule has 1 atom stereocenters. The molecular weight excluding hydrogens is 557 g/mol. The number of nitrogens with one attached hydrogen (secondary N) is 2. The highest BCUT2D eigenvalue weighted by molar-refractivity contribution is 5.98. The Kier molecular flexibility index (Phi) is 10.4. The van der Waals surface area contributed by atoms with Crippen LogP contribution in [-0.4, -0.2) is 65.1 Å². The highest BCUT2D eigenvalue weighted by Crippen LogP contribution is 2.30. The highest BCUT2D eigenvalue weighted by Gasteiger charge is 2.30. The smallest absolute Gasteiger partial charge is 0.416 e. The molecule has 2 aromatic carbocycles. The Morgan fingerprint density at radius 3 is 2.30 bits per heavy atom. The summed E-state index contributed by atoms with van der Waals surface area (Å²) >= 11 is 0. The molecule has 4 rings (SSSR count). The van der Waals surface area contributed by atoms with E-state index in [1.54, 1.807) is 0 Å². The highest BCUT2D eigenvalue weighted by atomic mass is 19.4. The molecule has 3 aromatic rings. The number of unbranched alkanes of at least 4 members (excludes halogenated alkanes) is 1. The Balaban J connectivity index is 1.34. The lowest BCUT2D eigenvalue weighted by Crippen LogP contribution is -2.48. The predicted molar refractivity (Wildman–Crippen MR) is 162 cm³/mol. The summed E-state index contributed by atoms with van der Waals surface area (Å²) in [5.41, 5.74) is 2.32. The lowest BCUT2D eigenvalue weighted by atomic mass is 9.95. The van der Waals surface area contributed by atoms with Crippen molar-refractivity contribution in [2.24, 2.45) is 0 Å². The molecular formula is C33H43F3N4O3. The van der Waals surface area contributed by atoms with E-state index in [0.717, 1.165) is 60.0 Å². The molecule has 2 heterocycles. The van der Waals surface area contributed by atoms with Gasteiger partial charge in [0.2, 0.25) is 0 Å². The van der Waals surface area contributed by atoms with E-state index in [2.05, 4.69) is 28.2 Å². The van der Waals surface area contributed by atoms with E-state index >= 15 is 0 Å². The number of piperazine rings is 1. The van der Waals surface area contributed by atoms with Crippen molar-refractivity contribution >= 4 is 22.9 Å². The fraction of sp³-hybridized carbons (Fsp3) is 0.515. The molecule has 1 aromatic heterocycles. The number of hydrogen-bond donors (Lipinski definition) is 2. The van der Waals surface area contributed by atoms with Crippen LogP contribution < -0.4 is 5.32 Å². The van der Waals surface area contributed by atoms with Gasteiger partial charge in [-0.1, -0.05) is 31.9 Å². The van der Waals surface area contributed by atoms with Crippen LogP contribution in [0.4, 0.5) is 18.0 Å². The number of rotatable bonds is 10. The molecule has 0 aliphatic carbocycles. The topological polar surface area (TPSA) is 77.7 Å². The molecule has 0 saturated carbocycles. The van der Waals surface area contributed by atoms with Crippen LogP contribution in [-0.2, 0) is 17.5 Å². The van der Waals surface area contributed by atoms with Crippen LogP contribution >= 0.6 is 0 Å². The lowest BCUT2D eigenvalue weighted by Gasteiger charge is -2.34. The fourth-order valence-corrected chi connectivity index (χ4v) is 5.43. The summed E-state index contributed by atoms with van der Waals surface area (Å²) in [7, 11) is 0. The molecule has 10 heteroatoms. The number of carbonyl (C=O) groups is 2. The van der Waals surface area contributed by atoms with E-state index in [1.165, 1.54) is 12.1 Å². The number of alkyl halides is 3. The van der Waals surface area contributed by atoms with Crippen LogP contribution in [0.15, 0.2) is 48.5 Å². The number of hydrogen-bond acceptors (Lipinski definition) is 4. The fourth-order valence-electron chi connectivity index (χ4n) is 5.43. The Morgan fingerprint density at radius 2 is 1.67 bits per heavy atom. The monoisotopic (exact) mass is 600 g/mol. The van der Waals surface area contributed by atoms with Crippen molar-refractivity contribution < 1.29 is 27.5 Å². The molecule has 2 amide bonds. The summed E-state index contributed by atoms with van der Waals surface area (Å²) in [5, 5.41) is 3.84. The minimum atomic E-state index is -4.34. The molecule has 1 unspecified atom stereocenters. The minimum Gasteiger partial charge on any atom is -0.444 e. The molecule has 0 bridgehead atoms. The van der Waals surface area contributed by atoms with Crippen molar-refractivity contribution in [2.75, 3.05) is 32.7 Å². The molecule has 43 heavy (non-hydrogen) atoms. The van der Waals surface area contributed by atoms with Gasteiger partial charge in [0.15, 0.2) is 0 Å². The Morgan fingerprint density at radius 1 is 0.977 bits per heavy atom. The number of halogens is 3. The maximum Gasteiger partial charge on any atom is 0.416 e. The van der Waals surface area contributed by atoms with Gasteiger partial charge in [-0.3, -0.25) is 9.69 Å². The second-order valence-electron chi connectivity index (χ2n) is 12.3. The minimum absolute atomic E-state index is 0.0251. The number of H-pyrrole nitrogens is 1. The maximum absolute atomic E-state index is 13.4. The van der Waals surface area contributed by atoms with E-state index in [9.17, 15) is 22.8 Å². The number of alkyl carbamates (subject to hydrolysis) is 1. The number of carbonyl (C=O) groups excluding carboxylic acids is 2. The van der Waals surface area contributed by atoms with Crippen molar-refractivity contribution in [3.63, 3.8) is 0 Å². The average molecular weight is 601 g/mol. The Bertz CT molecular complexity index is 1370. The summed E-state index contributed by atoms with van der Waals surface area (Å²) in [4.78, 5) is 33.0. The summed E-state index contributed by atoms with van der Waals surface area (Å²) in [6, 6.07) is 13.1. The molecule has 0 spiro atoms. The second kappa shape index (κ2) is 13.8. The van der Waals surface area contributed by atoms with Gasteiger partial charge in [-0.25, -0.2) is 4.79 Å². The summed E-state index contributed by atoms with van der Waals surface area (Å²) in [5.74, 6) is 0.210. The number of aromatic amines is 1. The third kappa shape index (κ3) is 9.23. The van der Waals surface area contributed by atoms with Crippen LogP contribution in [0.5, 0.6) is 0 Å². The van der Waals surface area contributed by atoms with E-state index < -0.39 is 23.4 Å². The molecule has 1 aliphatic heterocycles. The number of aromatic nitrogens is 1. The molecule has 234 valence electrons. The lowest BCUT2D eigenvalue weighted by molar-refractivity contribution is -0.137. The maximum atomic E-state index is 13.4. The molecule has 1 aliphatic rings. The summed E-state index contributed by atoms with van der Waals surface area (Å²) in [6.45, 7) is 11.2. The largest absolute Gasteiger partial charge is 0.444 e. The van der Waals surface area contributed by atoms with Gasteiger partial charge in [0, 0.05) is 67.3 Å². The Labute approximate surface area is 251 Å². The van der Waals surface area contributed by atoms with Crippen LogP contribution in [0.1, 0.15) is 86.5 Å². The first-order valence-electron chi connectivity index (χ1n) is 15.1. The van der Waals surface area contributed by atoms with Gasteiger partial charge < -0.3 is 19.9 Å². The van der Waals surface area contributed by atoms with Gasteiger partial charge in [-0.2, -0.15) is 13.2 Å². The summed E-state index contributed by atoms with van der Waals surface area (Å²) < 4.78 is 43.9. The number of fused-ring (bicyclic) bond motifs is 1. The molecule has 7 nitrogen and oxygen atoms in total. The van der Waals surface area contributed by atoms with E-state index in [1.807, 2.05) is 43.9 Å². The number of amides is 2. The van der Waals surface area contributed by atoms with E-state index in [-0.39, 0.29) is 11.8 Å².